The zero-order valence-electron chi connectivity index (χ0n) is 25.7. The predicted octanol–water partition coefficient (Wildman–Crippen LogP) is 3.50. The molecule has 1 aromatic heterocycles. The van der Waals surface area contributed by atoms with Gasteiger partial charge >= 0.3 is 0 Å². The molecule has 3 saturated heterocycles. The van der Waals surface area contributed by atoms with E-state index in [-0.39, 0.29) is 35.1 Å². The predicted molar refractivity (Wildman–Crippen MR) is 169 cm³/mol. The smallest absolute Gasteiger partial charge is 0.291 e. The van der Waals surface area contributed by atoms with Crippen LogP contribution in [0.1, 0.15) is 41.3 Å². The summed E-state index contributed by atoms with van der Waals surface area (Å²) in [5.74, 6) is 1.01. The van der Waals surface area contributed by atoms with Gasteiger partial charge in [-0.25, -0.2) is 9.97 Å². The maximum absolute atomic E-state index is 13.8. The van der Waals surface area contributed by atoms with Crippen molar-refractivity contribution in [2.24, 2.45) is 5.41 Å². The van der Waals surface area contributed by atoms with Gasteiger partial charge in [-0.1, -0.05) is 36.9 Å². The number of aromatic nitrogens is 2. The number of amides is 2. The number of carbonyl (C=O) groups excluding carboxylic acids is 2. The Kier molecular flexibility index (Phi) is 6.69. The van der Waals surface area contributed by atoms with Crippen molar-refractivity contribution in [3.63, 3.8) is 0 Å². The molecule has 2 aromatic carbocycles. The Morgan fingerprint density at radius 3 is 2.47 bits per heavy atom. The molecule has 4 aliphatic rings. The second-order valence-electron chi connectivity index (χ2n) is 13.3. The van der Waals surface area contributed by atoms with E-state index in [4.69, 9.17) is 9.97 Å². The Morgan fingerprint density at radius 1 is 1.00 bits per heavy atom. The molecule has 1 spiro atoms. The highest BCUT2D eigenvalue weighted by atomic mass is 16.2. The van der Waals surface area contributed by atoms with Gasteiger partial charge in [0.1, 0.15) is 5.82 Å². The summed E-state index contributed by atoms with van der Waals surface area (Å²) in [6.45, 7) is 16.4. The number of nitrogens with zero attached hydrogens (tertiary/aromatic N) is 7. The first-order chi connectivity index (χ1) is 20.7. The molecule has 9 heteroatoms. The quantitative estimate of drug-likeness (QED) is 0.438. The zero-order valence-corrected chi connectivity index (χ0v) is 25.7. The van der Waals surface area contributed by atoms with E-state index in [1.165, 1.54) is 28.1 Å². The average molecular weight is 580 g/mol. The molecular weight excluding hydrogens is 538 g/mol. The van der Waals surface area contributed by atoms with Gasteiger partial charge in [0.05, 0.1) is 12.2 Å². The Balaban J connectivity index is 1.25. The van der Waals surface area contributed by atoms with E-state index in [2.05, 4.69) is 85.5 Å². The van der Waals surface area contributed by atoms with Crippen LogP contribution in [-0.4, -0.2) is 101 Å². The van der Waals surface area contributed by atoms with E-state index < -0.39 is 0 Å². The van der Waals surface area contributed by atoms with Gasteiger partial charge in [-0.15, -0.1) is 0 Å². The molecule has 43 heavy (non-hydrogen) atoms. The standard InChI is InChI=1S/C34H41N7O2/c1-6-29(42)40-15-24(4)41(16-23(40)3)32-26-13-14-38(28-12-8-11-25-10-7-9-22(2)30(25)28)17-27(26)35-31(36-32)33(43)39-20-34(21-39)18-37(5)19-34/h6-12,23-24H,1,13-21H2,2-5H3/t23-,24+/m1/s1. The lowest BCUT2D eigenvalue weighted by molar-refractivity contribution is -0.128. The molecule has 2 amide bonds. The number of rotatable bonds is 4. The average Bonchev–Trinajstić information content (AvgIpc) is 2.97. The van der Waals surface area contributed by atoms with Gasteiger partial charge in [0.25, 0.3) is 5.91 Å². The molecule has 224 valence electrons. The first-order valence-corrected chi connectivity index (χ1v) is 15.5. The first-order valence-electron chi connectivity index (χ1n) is 15.5. The van der Waals surface area contributed by atoms with Gasteiger partial charge in [0, 0.05) is 79.9 Å². The maximum atomic E-state index is 13.8. The van der Waals surface area contributed by atoms with E-state index in [0.717, 1.165) is 56.2 Å². The topological polar surface area (TPSA) is 76.1 Å². The van der Waals surface area contributed by atoms with Crippen LogP contribution in [0.3, 0.4) is 0 Å². The minimum Gasteiger partial charge on any atom is -0.365 e. The summed E-state index contributed by atoms with van der Waals surface area (Å²) in [5, 5.41) is 2.49. The Labute approximate surface area is 253 Å². The van der Waals surface area contributed by atoms with Crippen LogP contribution in [0.4, 0.5) is 11.5 Å². The van der Waals surface area contributed by atoms with Gasteiger partial charge in [-0.2, -0.15) is 0 Å². The van der Waals surface area contributed by atoms with Crippen LogP contribution in [0.2, 0.25) is 0 Å². The van der Waals surface area contributed by atoms with E-state index >= 15 is 0 Å². The fourth-order valence-electron chi connectivity index (χ4n) is 7.91. The number of piperazine rings is 1. The van der Waals surface area contributed by atoms with Crippen molar-refractivity contribution in [2.75, 3.05) is 62.7 Å². The molecule has 0 aliphatic carbocycles. The zero-order chi connectivity index (χ0) is 30.0. The third-order valence-corrected chi connectivity index (χ3v) is 9.93. The van der Waals surface area contributed by atoms with Crippen molar-refractivity contribution in [3.8, 4) is 0 Å². The summed E-state index contributed by atoms with van der Waals surface area (Å²) in [6, 6.07) is 13.0. The number of fused-ring (bicyclic) bond motifs is 2. The Hall–Kier alpha value is -3.98. The van der Waals surface area contributed by atoms with Crippen molar-refractivity contribution in [1.29, 1.82) is 0 Å². The summed E-state index contributed by atoms with van der Waals surface area (Å²) in [5.41, 5.74) is 4.73. The number of carbonyl (C=O) groups is 2. The first kappa shape index (κ1) is 27.8. The number of likely N-dealkylation sites (tertiary alicyclic amines) is 2. The highest BCUT2D eigenvalue weighted by Gasteiger charge is 2.52. The van der Waals surface area contributed by atoms with E-state index in [1.54, 1.807) is 0 Å². The van der Waals surface area contributed by atoms with Crippen LogP contribution in [-0.2, 0) is 17.8 Å². The highest BCUT2D eigenvalue weighted by Crippen LogP contribution is 2.40. The molecule has 0 N–H and O–H groups in total. The Morgan fingerprint density at radius 2 is 1.74 bits per heavy atom. The third-order valence-electron chi connectivity index (χ3n) is 9.93. The van der Waals surface area contributed by atoms with Crippen LogP contribution >= 0.6 is 0 Å². The van der Waals surface area contributed by atoms with Crippen molar-refractivity contribution < 1.29 is 9.59 Å². The highest BCUT2D eigenvalue weighted by molar-refractivity contribution is 5.97. The molecule has 9 nitrogen and oxygen atoms in total. The summed E-state index contributed by atoms with van der Waals surface area (Å²) in [7, 11) is 2.13. The summed E-state index contributed by atoms with van der Waals surface area (Å²) in [6.07, 6.45) is 2.18. The summed E-state index contributed by atoms with van der Waals surface area (Å²) < 4.78 is 0. The molecule has 7 rings (SSSR count). The van der Waals surface area contributed by atoms with Crippen LogP contribution in [0.25, 0.3) is 10.8 Å². The SMILES string of the molecule is C=CC(=O)N1C[C@H](C)N(c2nc(C(=O)N3CC4(CN(C)C4)C3)nc3c2CCN(c2cccc4cccc(C)c24)C3)C[C@H]1C. The molecule has 0 bridgehead atoms. The normalized spacial score (nSPS) is 23.2. The molecular formula is C34H41N7O2. The largest absolute Gasteiger partial charge is 0.365 e. The van der Waals surface area contributed by atoms with Gasteiger partial charge in [-0.05, 0) is 57.3 Å². The molecule has 3 aromatic rings. The molecule has 3 fully saturated rings. The van der Waals surface area contributed by atoms with Crippen LogP contribution in [0.15, 0.2) is 49.1 Å². The van der Waals surface area contributed by atoms with Crippen LogP contribution in [0, 0.1) is 12.3 Å². The minimum atomic E-state index is -0.0801. The fraction of sp³-hybridized carbons (Fsp3) is 0.471. The van der Waals surface area contributed by atoms with Gasteiger partial charge in [0.2, 0.25) is 11.7 Å². The lowest BCUT2D eigenvalue weighted by Gasteiger charge is -2.59. The third kappa shape index (κ3) is 4.65. The number of aryl methyl sites for hydroxylation is 1. The fourth-order valence-corrected chi connectivity index (χ4v) is 7.91. The minimum absolute atomic E-state index is 0.00365. The second kappa shape index (κ2) is 10.3. The van der Waals surface area contributed by atoms with E-state index in [0.29, 0.717) is 19.6 Å². The molecule has 2 atom stereocenters. The summed E-state index contributed by atoms with van der Waals surface area (Å²) in [4.78, 5) is 47.2. The van der Waals surface area contributed by atoms with Crippen molar-refractivity contribution in [3.05, 3.63) is 71.7 Å². The van der Waals surface area contributed by atoms with Gasteiger partial charge in [0.15, 0.2) is 0 Å². The second-order valence-corrected chi connectivity index (χ2v) is 13.3. The maximum Gasteiger partial charge on any atom is 0.291 e. The lowest BCUT2D eigenvalue weighted by atomic mass is 9.73. The van der Waals surface area contributed by atoms with Crippen molar-refractivity contribution in [1.82, 2.24) is 24.7 Å². The molecule has 0 unspecified atom stereocenters. The Bertz CT molecular complexity index is 1620. The molecule has 4 aliphatic heterocycles. The van der Waals surface area contributed by atoms with Crippen LogP contribution < -0.4 is 9.80 Å². The van der Waals surface area contributed by atoms with Crippen LogP contribution in [0.5, 0.6) is 0 Å². The monoisotopic (exact) mass is 579 g/mol. The van der Waals surface area contributed by atoms with Crippen molar-refractivity contribution >= 4 is 34.1 Å². The number of hydrogen-bond acceptors (Lipinski definition) is 7. The van der Waals surface area contributed by atoms with E-state index in [9.17, 15) is 9.59 Å². The molecule has 5 heterocycles. The molecule has 0 radical (unpaired) electrons. The van der Waals surface area contributed by atoms with Crippen molar-refractivity contribution in [2.45, 2.75) is 45.8 Å². The van der Waals surface area contributed by atoms with Gasteiger partial charge < -0.3 is 24.5 Å². The number of benzene rings is 2. The van der Waals surface area contributed by atoms with E-state index in [1.807, 2.05) is 9.80 Å². The molecule has 0 saturated carbocycles. The number of anilines is 2. The summed E-state index contributed by atoms with van der Waals surface area (Å²) >= 11 is 0. The lowest BCUT2D eigenvalue weighted by Crippen LogP contribution is -2.72. The number of hydrogen-bond donors (Lipinski definition) is 0. The van der Waals surface area contributed by atoms with Gasteiger partial charge in [-0.3, -0.25) is 9.59 Å².